The normalized spacial score (nSPS) is 14.1. The van der Waals surface area contributed by atoms with E-state index in [1.165, 1.54) is 11.8 Å². The first-order valence-corrected chi connectivity index (χ1v) is 11.9. The lowest BCUT2D eigenvalue weighted by Crippen LogP contribution is -2.47. The maximum absolute atomic E-state index is 12.6. The van der Waals surface area contributed by atoms with Crippen molar-refractivity contribution < 1.29 is 19.1 Å². The predicted molar refractivity (Wildman–Crippen MR) is 126 cm³/mol. The van der Waals surface area contributed by atoms with Gasteiger partial charge in [0.1, 0.15) is 5.75 Å². The van der Waals surface area contributed by atoms with Crippen molar-refractivity contribution in [1.82, 2.24) is 20.2 Å². The molecule has 2 aromatic rings. The smallest absolute Gasteiger partial charge is 0.409 e. The second-order valence-corrected chi connectivity index (χ2v) is 8.74. The summed E-state index contributed by atoms with van der Waals surface area (Å²) in [6.45, 7) is 4.92. The molecular formula is C23H30N4O5S. The van der Waals surface area contributed by atoms with Crippen molar-refractivity contribution in [2.45, 2.75) is 50.1 Å². The number of likely N-dealkylation sites (tertiary alicyclic amines) is 1. The number of nitrogens with one attached hydrogen (secondary N) is 2. The van der Waals surface area contributed by atoms with Gasteiger partial charge in [-0.05, 0) is 44.4 Å². The molecule has 1 aliphatic heterocycles. The fourth-order valence-electron chi connectivity index (χ4n) is 3.64. The summed E-state index contributed by atoms with van der Waals surface area (Å²) >= 11 is 1.42. The van der Waals surface area contributed by atoms with Crippen LogP contribution in [0.3, 0.4) is 0 Å². The summed E-state index contributed by atoms with van der Waals surface area (Å²) in [5, 5.41) is 3.48. The lowest BCUT2D eigenvalue weighted by molar-refractivity contribution is -0.121. The first kappa shape index (κ1) is 24.6. The molecule has 33 heavy (non-hydrogen) atoms. The third-order valence-corrected chi connectivity index (χ3v) is 6.38. The molecule has 1 aliphatic rings. The summed E-state index contributed by atoms with van der Waals surface area (Å²) in [7, 11) is 1.62. The van der Waals surface area contributed by atoms with Gasteiger partial charge in [-0.1, -0.05) is 23.9 Å². The van der Waals surface area contributed by atoms with E-state index in [0.29, 0.717) is 54.7 Å². The molecule has 0 saturated carbocycles. The van der Waals surface area contributed by atoms with Crippen LogP contribution in [0.1, 0.15) is 36.6 Å². The molecule has 0 radical (unpaired) electrons. The Morgan fingerprint density at radius 1 is 1.30 bits per heavy atom. The molecule has 0 unspecified atom stereocenters. The number of ether oxygens (including phenoxy) is 2. The molecule has 0 bridgehead atoms. The second-order valence-electron chi connectivity index (χ2n) is 7.78. The van der Waals surface area contributed by atoms with E-state index in [9.17, 15) is 14.4 Å². The van der Waals surface area contributed by atoms with Gasteiger partial charge in [-0.25, -0.2) is 9.78 Å². The molecule has 2 amide bonds. The van der Waals surface area contributed by atoms with Crippen molar-refractivity contribution in [3.8, 4) is 5.75 Å². The van der Waals surface area contributed by atoms with E-state index in [4.69, 9.17) is 9.47 Å². The number of rotatable bonds is 8. The van der Waals surface area contributed by atoms with Crippen LogP contribution in [0.5, 0.6) is 5.75 Å². The summed E-state index contributed by atoms with van der Waals surface area (Å²) in [4.78, 5) is 45.9. The number of aromatic amines is 1. The van der Waals surface area contributed by atoms with Crippen LogP contribution < -0.4 is 15.6 Å². The van der Waals surface area contributed by atoms with Crippen LogP contribution in [-0.2, 0) is 21.7 Å². The van der Waals surface area contributed by atoms with Crippen LogP contribution in [0.2, 0.25) is 0 Å². The maximum Gasteiger partial charge on any atom is 0.409 e. The van der Waals surface area contributed by atoms with Crippen LogP contribution in [0.4, 0.5) is 4.79 Å². The summed E-state index contributed by atoms with van der Waals surface area (Å²) in [6, 6.07) is 7.68. The highest BCUT2D eigenvalue weighted by Gasteiger charge is 2.25. The average molecular weight is 475 g/mol. The van der Waals surface area contributed by atoms with Gasteiger partial charge in [-0.15, -0.1) is 0 Å². The van der Waals surface area contributed by atoms with E-state index in [0.717, 1.165) is 11.3 Å². The van der Waals surface area contributed by atoms with Crippen LogP contribution in [-0.4, -0.2) is 59.7 Å². The third-order valence-electron chi connectivity index (χ3n) is 5.43. The van der Waals surface area contributed by atoms with Gasteiger partial charge in [0, 0.05) is 36.1 Å². The molecule has 9 nitrogen and oxygen atoms in total. The molecule has 1 saturated heterocycles. The molecule has 1 fully saturated rings. The Morgan fingerprint density at radius 3 is 2.73 bits per heavy atom. The summed E-state index contributed by atoms with van der Waals surface area (Å²) in [5.74, 6) is 1.18. The minimum Gasteiger partial charge on any atom is -0.497 e. The van der Waals surface area contributed by atoms with E-state index in [1.54, 1.807) is 25.9 Å². The van der Waals surface area contributed by atoms with Crippen molar-refractivity contribution in [3.05, 3.63) is 51.4 Å². The van der Waals surface area contributed by atoms with Crippen molar-refractivity contribution >= 4 is 23.8 Å². The molecule has 1 aromatic heterocycles. The molecule has 178 valence electrons. The van der Waals surface area contributed by atoms with Gasteiger partial charge < -0.3 is 24.7 Å². The van der Waals surface area contributed by atoms with Gasteiger partial charge in [0.15, 0.2) is 5.16 Å². The van der Waals surface area contributed by atoms with E-state index in [1.807, 2.05) is 24.3 Å². The third kappa shape index (κ3) is 6.98. The number of hydrogen-bond acceptors (Lipinski definition) is 7. The van der Waals surface area contributed by atoms with Gasteiger partial charge in [-0.3, -0.25) is 9.59 Å². The summed E-state index contributed by atoms with van der Waals surface area (Å²) in [5.41, 5.74) is 1.65. The minimum atomic E-state index is -0.320. The van der Waals surface area contributed by atoms with Gasteiger partial charge in [0.2, 0.25) is 5.91 Å². The van der Waals surface area contributed by atoms with Crippen molar-refractivity contribution in [1.29, 1.82) is 0 Å². The summed E-state index contributed by atoms with van der Waals surface area (Å²) < 4.78 is 10.2. The standard InChI is InChI=1S/C23H30N4O5S/c1-4-32-23(30)27-10-8-17(9-11-27)25-20(28)13-19-15(2)24-22(26-21(19)29)33-14-16-6-5-7-18(12-16)31-3/h5-7,12,17H,4,8-11,13-14H2,1-3H3,(H,25,28)(H,24,26,29). The zero-order chi connectivity index (χ0) is 23.8. The fraction of sp³-hybridized carbons (Fsp3) is 0.478. The van der Waals surface area contributed by atoms with Gasteiger partial charge in [-0.2, -0.15) is 0 Å². The predicted octanol–water partition coefficient (Wildman–Crippen LogP) is 2.66. The number of piperidine rings is 1. The number of thioether (sulfide) groups is 1. The Hall–Kier alpha value is -3.01. The van der Waals surface area contributed by atoms with Crippen LogP contribution in [0.15, 0.2) is 34.2 Å². The van der Waals surface area contributed by atoms with E-state index >= 15 is 0 Å². The minimum absolute atomic E-state index is 0.0341. The number of carbonyl (C=O) groups is 2. The quantitative estimate of drug-likeness (QED) is 0.447. The van der Waals surface area contributed by atoms with Gasteiger partial charge in [0.05, 0.1) is 20.1 Å². The molecule has 1 aromatic carbocycles. The number of methoxy groups -OCH3 is 1. The highest BCUT2D eigenvalue weighted by atomic mass is 32.2. The van der Waals surface area contributed by atoms with E-state index < -0.39 is 0 Å². The number of carbonyl (C=O) groups excluding carboxylic acids is 2. The van der Waals surface area contributed by atoms with Crippen LogP contribution in [0, 0.1) is 6.92 Å². The highest BCUT2D eigenvalue weighted by Crippen LogP contribution is 2.22. The molecule has 0 spiro atoms. The molecule has 3 rings (SSSR count). The van der Waals surface area contributed by atoms with E-state index in [-0.39, 0.29) is 30.0 Å². The van der Waals surface area contributed by atoms with Crippen molar-refractivity contribution in [2.24, 2.45) is 0 Å². The van der Waals surface area contributed by atoms with Crippen LogP contribution in [0.25, 0.3) is 0 Å². The second kappa shape index (κ2) is 11.7. The van der Waals surface area contributed by atoms with Gasteiger partial charge >= 0.3 is 6.09 Å². The Labute approximate surface area is 197 Å². The molecule has 2 heterocycles. The van der Waals surface area contributed by atoms with E-state index in [2.05, 4.69) is 15.3 Å². The lowest BCUT2D eigenvalue weighted by atomic mass is 10.0. The Morgan fingerprint density at radius 2 is 2.06 bits per heavy atom. The lowest BCUT2D eigenvalue weighted by Gasteiger charge is -2.31. The number of aryl methyl sites for hydroxylation is 1. The maximum atomic E-state index is 12.6. The number of hydrogen-bond donors (Lipinski definition) is 2. The molecule has 0 atom stereocenters. The number of H-pyrrole nitrogens is 1. The number of amides is 2. The number of aromatic nitrogens is 2. The van der Waals surface area contributed by atoms with Gasteiger partial charge in [0.25, 0.3) is 5.56 Å². The first-order valence-electron chi connectivity index (χ1n) is 11.0. The van der Waals surface area contributed by atoms with Crippen molar-refractivity contribution in [3.63, 3.8) is 0 Å². The number of benzene rings is 1. The average Bonchev–Trinajstić information content (AvgIpc) is 2.81. The highest BCUT2D eigenvalue weighted by molar-refractivity contribution is 7.98. The Bertz CT molecular complexity index is 1030. The monoisotopic (exact) mass is 474 g/mol. The zero-order valence-electron chi connectivity index (χ0n) is 19.2. The SMILES string of the molecule is CCOC(=O)N1CCC(NC(=O)Cc2c(C)nc(SCc3cccc(OC)c3)[nH]c2=O)CC1. The van der Waals surface area contributed by atoms with Crippen molar-refractivity contribution in [2.75, 3.05) is 26.8 Å². The zero-order valence-corrected chi connectivity index (χ0v) is 20.0. The molecule has 10 heteroatoms. The summed E-state index contributed by atoms with van der Waals surface area (Å²) in [6.07, 6.45) is 0.947. The molecule has 2 N–H and O–H groups in total. The fourth-order valence-corrected chi connectivity index (χ4v) is 4.48. The Balaban J connectivity index is 1.53. The molecule has 0 aliphatic carbocycles. The number of nitrogens with zero attached hydrogens (tertiary/aromatic N) is 2. The first-order chi connectivity index (χ1) is 15.9. The molecular weight excluding hydrogens is 444 g/mol. The Kier molecular flexibility index (Phi) is 8.76. The van der Waals surface area contributed by atoms with Crippen LogP contribution >= 0.6 is 11.8 Å². The largest absolute Gasteiger partial charge is 0.497 e. The topological polar surface area (TPSA) is 114 Å².